The first kappa shape index (κ1) is 8.27. The minimum atomic E-state index is 0.109. The molecule has 0 fully saturated rings. The Bertz CT molecular complexity index is 191. The summed E-state index contributed by atoms with van der Waals surface area (Å²) in [6, 6.07) is 2.03. The van der Waals surface area contributed by atoms with Crippen molar-refractivity contribution in [2.75, 3.05) is 0 Å². The molecule has 0 aliphatic heterocycles. The molecule has 62 valence electrons. The van der Waals surface area contributed by atoms with Crippen LogP contribution in [0.4, 0.5) is 0 Å². The van der Waals surface area contributed by atoms with Crippen LogP contribution in [0.1, 0.15) is 32.0 Å². The van der Waals surface area contributed by atoms with Gasteiger partial charge in [0.25, 0.3) is 0 Å². The molecule has 3 heteroatoms. The fourth-order valence-corrected chi connectivity index (χ4v) is 1.11. The monoisotopic (exact) mass is 153 g/mol. The van der Waals surface area contributed by atoms with E-state index in [1.807, 2.05) is 6.07 Å². The lowest BCUT2D eigenvalue weighted by Crippen LogP contribution is -2.13. The molecular formula is C8H15N3. The molecule has 0 radical (unpaired) electrons. The average molecular weight is 153 g/mol. The molecule has 0 aromatic carbocycles. The van der Waals surface area contributed by atoms with Crippen LogP contribution in [-0.2, 0) is 0 Å². The molecule has 1 aromatic heterocycles. The summed E-state index contributed by atoms with van der Waals surface area (Å²) in [5.74, 6) is 0.633. The Kier molecular flexibility index (Phi) is 2.65. The van der Waals surface area contributed by atoms with E-state index in [0.717, 1.165) is 12.1 Å². The smallest absolute Gasteiger partial charge is 0.0519 e. The third-order valence-corrected chi connectivity index (χ3v) is 1.65. The second-order valence-electron chi connectivity index (χ2n) is 3.25. The maximum absolute atomic E-state index is 5.87. The Labute approximate surface area is 67.0 Å². The Hall–Kier alpha value is -0.830. The zero-order valence-electron chi connectivity index (χ0n) is 7.04. The molecule has 0 saturated carbocycles. The molecule has 1 rings (SSSR count). The maximum Gasteiger partial charge on any atom is 0.0519 e. The lowest BCUT2D eigenvalue weighted by Gasteiger charge is -2.11. The van der Waals surface area contributed by atoms with Gasteiger partial charge in [0.1, 0.15) is 0 Å². The first-order chi connectivity index (χ1) is 5.20. The van der Waals surface area contributed by atoms with Crippen molar-refractivity contribution >= 4 is 0 Å². The molecule has 0 amide bonds. The van der Waals surface area contributed by atoms with Gasteiger partial charge in [-0.15, -0.1) is 0 Å². The third kappa shape index (κ3) is 2.35. The summed E-state index contributed by atoms with van der Waals surface area (Å²) < 4.78 is 0. The minimum absolute atomic E-state index is 0.109. The molecule has 0 aliphatic carbocycles. The van der Waals surface area contributed by atoms with E-state index >= 15 is 0 Å². The SMILES string of the molecule is CC(C)CC(N)c1ccn[nH]1. The zero-order valence-corrected chi connectivity index (χ0v) is 7.04. The number of nitrogens with zero attached hydrogens (tertiary/aromatic N) is 1. The van der Waals surface area contributed by atoms with E-state index in [1.54, 1.807) is 6.20 Å². The van der Waals surface area contributed by atoms with Crippen molar-refractivity contribution < 1.29 is 0 Å². The van der Waals surface area contributed by atoms with Gasteiger partial charge in [-0.25, -0.2) is 0 Å². The van der Waals surface area contributed by atoms with Crippen molar-refractivity contribution in [2.24, 2.45) is 11.7 Å². The molecule has 0 saturated heterocycles. The van der Waals surface area contributed by atoms with Gasteiger partial charge in [-0.3, -0.25) is 5.10 Å². The van der Waals surface area contributed by atoms with Gasteiger partial charge >= 0.3 is 0 Å². The zero-order chi connectivity index (χ0) is 8.27. The predicted molar refractivity (Wildman–Crippen MR) is 45.0 cm³/mol. The molecule has 1 unspecified atom stereocenters. The first-order valence-electron chi connectivity index (χ1n) is 3.95. The van der Waals surface area contributed by atoms with E-state index in [9.17, 15) is 0 Å². The average Bonchev–Trinajstić information content (AvgIpc) is 2.35. The Morgan fingerprint density at radius 3 is 2.82 bits per heavy atom. The van der Waals surface area contributed by atoms with Gasteiger partial charge in [-0.05, 0) is 18.4 Å². The highest BCUT2D eigenvalue weighted by Gasteiger charge is 2.08. The van der Waals surface area contributed by atoms with Crippen LogP contribution < -0.4 is 5.73 Å². The summed E-state index contributed by atoms with van der Waals surface area (Å²) in [4.78, 5) is 0. The quantitative estimate of drug-likeness (QED) is 0.690. The number of aromatic nitrogens is 2. The highest BCUT2D eigenvalue weighted by Crippen LogP contribution is 2.15. The van der Waals surface area contributed by atoms with Crippen LogP contribution in [0, 0.1) is 5.92 Å². The van der Waals surface area contributed by atoms with Gasteiger partial charge in [0, 0.05) is 12.2 Å². The van der Waals surface area contributed by atoms with Gasteiger partial charge < -0.3 is 5.73 Å². The fraction of sp³-hybridized carbons (Fsp3) is 0.625. The molecule has 1 aromatic rings. The van der Waals surface area contributed by atoms with Crippen LogP contribution in [0.15, 0.2) is 12.3 Å². The predicted octanol–water partition coefficient (Wildman–Crippen LogP) is 1.46. The maximum atomic E-state index is 5.87. The van der Waals surface area contributed by atoms with E-state index in [0.29, 0.717) is 5.92 Å². The number of H-pyrrole nitrogens is 1. The molecule has 1 atom stereocenters. The summed E-state index contributed by atoms with van der Waals surface area (Å²) in [5, 5.41) is 6.71. The third-order valence-electron chi connectivity index (χ3n) is 1.65. The number of aromatic amines is 1. The van der Waals surface area contributed by atoms with Crippen LogP contribution in [0.3, 0.4) is 0 Å². The highest BCUT2D eigenvalue weighted by molar-refractivity contribution is 5.03. The van der Waals surface area contributed by atoms with Crippen LogP contribution in [0.25, 0.3) is 0 Å². The minimum Gasteiger partial charge on any atom is -0.323 e. The van der Waals surface area contributed by atoms with E-state index < -0.39 is 0 Å². The molecule has 0 bridgehead atoms. The fourth-order valence-electron chi connectivity index (χ4n) is 1.11. The molecule has 3 nitrogen and oxygen atoms in total. The van der Waals surface area contributed by atoms with Crippen molar-refractivity contribution in [3.8, 4) is 0 Å². The number of hydrogen-bond acceptors (Lipinski definition) is 2. The van der Waals surface area contributed by atoms with Gasteiger partial charge in [-0.2, -0.15) is 5.10 Å². The summed E-state index contributed by atoms with van der Waals surface area (Å²) in [5.41, 5.74) is 6.90. The lowest BCUT2D eigenvalue weighted by molar-refractivity contribution is 0.501. The van der Waals surface area contributed by atoms with Gasteiger partial charge in [0.15, 0.2) is 0 Å². The molecule has 11 heavy (non-hydrogen) atoms. The molecule has 1 heterocycles. The number of nitrogens with one attached hydrogen (secondary N) is 1. The standard InChI is InChI=1S/C8H15N3/c1-6(2)5-7(9)8-3-4-10-11-8/h3-4,6-7H,5,9H2,1-2H3,(H,10,11). The van der Waals surface area contributed by atoms with Gasteiger partial charge in [0.05, 0.1) is 5.69 Å². The van der Waals surface area contributed by atoms with Gasteiger partial charge in [-0.1, -0.05) is 13.8 Å². The van der Waals surface area contributed by atoms with Gasteiger partial charge in [0.2, 0.25) is 0 Å². The van der Waals surface area contributed by atoms with E-state index in [1.165, 1.54) is 0 Å². The lowest BCUT2D eigenvalue weighted by atomic mass is 10.0. The van der Waals surface area contributed by atoms with E-state index in [4.69, 9.17) is 5.73 Å². The Morgan fingerprint density at radius 2 is 2.36 bits per heavy atom. The Morgan fingerprint density at radius 1 is 1.64 bits per heavy atom. The molecule has 0 spiro atoms. The second kappa shape index (κ2) is 3.53. The van der Waals surface area contributed by atoms with E-state index in [2.05, 4.69) is 24.0 Å². The van der Waals surface area contributed by atoms with Crippen molar-refractivity contribution in [3.63, 3.8) is 0 Å². The van der Waals surface area contributed by atoms with Crippen molar-refractivity contribution in [2.45, 2.75) is 26.3 Å². The summed E-state index contributed by atoms with van der Waals surface area (Å²) in [6.45, 7) is 4.33. The topological polar surface area (TPSA) is 54.7 Å². The number of hydrogen-bond donors (Lipinski definition) is 2. The molecular weight excluding hydrogens is 138 g/mol. The van der Waals surface area contributed by atoms with Crippen molar-refractivity contribution in [1.29, 1.82) is 0 Å². The summed E-state index contributed by atoms with van der Waals surface area (Å²) >= 11 is 0. The molecule has 3 N–H and O–H groups in total. The largest absolute Gasteiger partial charge is 0.323 e. The summed E-state index contributed by atoms with van der Waals surface area (Å²) in [7, 11) is 0. The number of nitrogens with two attached hydrogens (primary N) is 1. The second-order valence-corrected chi connectivity index (χ2v) is 3.25. The number of rotatable bonds is 3. The van der Waals surface area contributed by atoms with E-state index in [-0.39, 0.29) is 6.04 Å². The van der Waals surface area contributed by atoms with Crippen molar-refractivity contribution in [3.05, 3.63) is 18.0 Å². The Balaban J connectivity index is 2.49. The van der Waals surface area contributed by atoms with Crippen LogP contribution in [0.5, 0.6) is 0 Å². The normalized spacial score (nSPS) is 13.8. The first-order valence-corrected chi connectivity index (χ1v) is 3.95. The van der Waals surface area contributed by atoms with Crippen LogP contribution in [0.2, 0.25) is 0 Å². The summed E-state index contributed by atoms with van der Waals surface area (Å²) in [6.07, 6.45) is 2.73. The highest BCUT2D eigenvalue weighted by atomic mass is 15.1. The molecule has 0 aliphatic rings. The van der Waals surface area contributed by atoms with Crippen molar-refractivity contribution in [1.82, 2.24) is 10.2 Å². The van der Waals surface area contributed by atoms with Crippen LogP contribution >= 0.6 is 0 Å². The van der Waals surface area contributed by atoms with Crippen LogP contribution in [-0.4, -0.2) is 10.2 Å².